The molecule has 5 nitrogen and oxygen atoms in total. The van der Waals surface area contributed by atoms with E-state index in [1.165, 1.54) is 25.9 Å². The number of fused-ring (bicyclic) bond motifs is 3. The predicted octanol–water partition coefficient (Wildman–Crippen LogP) is 2.41. The lowest BCUT2D eigenvalue weighted by atomic mass is 9.84. The Morgan fingerprint density at radius 3 is 2.68 bits per heavy atom. The smallest absolute Gasteiger partial charge is 0.292 e. The van der Waals surface area contributed by atoms with Crippen LogP contribution in [0.15, 0.2) is 18.2 Å². The molecular formula is C14H19N3O2. The number of piperidine rings is 3. The molecule has 1 unspecified atom stereocenters. The van der Waals surface area contributed by atoms with Crippen molar-refractivity contribution in [2.24, 2.45) is 5.92 Å². The molecule has 4 rings (SSSR count). The molecule has 3 aliphatic heterocycles. The second-order valence-electron chi connectivity index (χ2n) is 5.67. The molecule has 2 bridgehead atoms. The summed E-state index contributed by atoms with van der Waals surface area (Å²) < 4.78 is 0. The minimum Gasteiger partial charge on any atom is -0.375 e. The summed E-state index contributed by atoms with van der Waals surface area (Å²) in [5, 5.41) is 14.5. The van der Waals surface area contributed by atoms with Crippen molar-refractivity contribution in [3.63, 3.8) is 0 Å². The van der Waals surface area contributed by atoms with Crippen molar-refractivity contribution in [1.29, 1.82) is 0 Å². The highest BCUT2D eigenvalue weighted by Gasteiger charge is 2.34. The standard InChI is InChI=1S/C14H19N3O2/c1-10-2-3-12(14(8-10)17(18)19)15-13-9-16-6-4-11(13)5-7-16/h2-3,8,11,13,15H,4-7,9H2,1H3. The molecule has 0 amide bonds. The number of hydrogen-bond donors (Lipinski definition) is 1. The van der Waals surface area contributed by atoms with Crippen molar-refractivity contribution in [2.45, 2.75) is 25.8 Å². The topological polar surface area (TPSA) is 58.4 Å². The first kappa shape index (κ1) is 12.4. The number of nitrogens with zero attached hydrogens (tertiary/aromatic N) is 2. The first-order chi connectivity index (χ1) is 9.13. The lowest BCUT2D eigenvalue weighted by Crippen LogP contribution is -2.53. The maximum atomic E-state index is 11.1. The van der Waals surface area contributed by atoms with Gasteiger partial charge in [0.1, 0.15) is 5.69 Å². The number of nitro groups is 1. The molecule has 0 radical (unpaired) electrons. The van der Waals surface area contributed by atoms with Crippen molar-refractivity contribution < 1.29 is 4.92 Å². The van der Waals surface area contributed by atoms with Crippen molar-refractivity contribution in [3.05, 3.63) is 33.9 Å². The fourth-order valence-electron chi connectivity index (χ4n) is 3.24. The zero-order valence-electron chi connectivity index (χ0n) is 11.1. The van der Waals surface area contributed by atoms with Gasteiger partial charge in [-0.3, -0.25) is 10.1 Å². The fourth-order valence-corrected chi connectivity index (χ4v) is 3.24. The summed E-state index contributed by atoms with van der Waals surface area (Å²) in [5.74, 6) is 0.658. The van der Waals surface area contributed by atoms with E-state index in [0.29, 0.717) is 17.6 Å². The SMILES string of the molecule is Cc1ccc(NC2CN3CCC2CC3)c([N+](=O)[O-])c1. The normalized spacial score (nSPS) is 29.2. The second-order valence-corrected chi connectivity index (χ2v) is 5.67. The lowest BCUT2D eigenvalue weighted by molar-refractivity contribution is -0.384. The van der Waals surface area contributed by atoms with Gasteiger partial charge in [0.2, 0.25) is 0 Å². The van der Waals surface area contributed by atoms with Crippen molar-refractivity contribution in [1.82, 2.24) is 4.90 Å². The molecule has 1 aromatic carbocycles. The van der Waals surface area contributed by atoms with E-state index in [0.717, 1.165) is 12.1 Å². The van der Waals surface area contributed by atoms with E-state index in [9.17, 15) is 10.1 Å². The molecule has 3 aliphatic rings. The van der Waals surface area contributed by atoms with Gasteiger partial charge in [-0.15, -0.1) is 0 Å². The Kier molecular flexibility index (Phi) is 3.14. The average Bonchev–Trinajstić information content (AvgIpc) is 2.42. The summed E-state index contributed by atoms with van der Waals surface area (Å²) >= 11 is 0. The van der Waals surface area contributed by atoms with Crippen molar-refractivity contribution in [3.8, 4) is 0 Å². The van der Waals surface area contributed by atoms with Crippen LogP contribution in [0, 0.1) is 23.0 Å². The Morgan fingerprint density at radius 2 is 2.11 bits per heavy atom. The molecule has 1 atom stereocenters. The molecular weight excluding hydrogens is 242 g/mol. The van der Waals surface area contributed by atoms with E-state index in [1.54, 1.807) is 6.07 Å². The third kappa shape index (κ3) is 2.42. The quantitative estimate of drug-likeness (QED) is 0.670. The van der Waals surface area contributed by atoms with Crippen LogP contribution in [0.4, 0.5) is 11.4 Å². The Hall–Kier alpha value is -1.62. The molecule has 0 saturated carbocycles. The summed E-state index contributed by atoms with van der Waals surface area (Å²) in [6, 6.07) is 5.76. The molecule has 0 spiro atoms. The number of nitro benzene ring substituents is 1. The van der Waals surface area contributed by atoms with Crippen molar-refractivity contribution in [2.75, 3.05) is 25.0 Å². The van der Waals surface area contributed by atoms with Gasteiger partial charge in [0, 0.05) is 18.7 Å². The molecule has 19 heavy (non-hydrogen) atoms. The largest absolute Gasteiger partial charge is 0.375 e. The van der Waals surface area contributed by atoms with Gasteiger partial charge in [0.25, 0.3) is 5.69 Å². The molecule has 3 saturated heterocycles. The van der Waals surface area contributed by atoms with Gasteiger partial charge in [-0.05, 0) is 50.4 Å². The highest BCUT2D eigenvalue weighted by molar-refractivity contribution is 5.63. The van der Waals surface area contributed by atoms with Crippen LogP contribution in [0.25, 0.3) is 0 Å². The van der Waals surface area contributed by atoms with Gasteiger partial charge in [0.05, 0.1) is 4.92 Å². The molecule has 3 heterocycles. The maximum Gasteiger partial charge on any atom is 0.292 e. The van der Waals surface area contributed by atoms with E-state index in [-0.39, 0.29) is 10.6 Å². The number of anilines is 1. The van der Waals surface area contributed by atoms with E-state index in [1.807, 2.05) is 19.1 Å². The average molecular weight is 261 g/mol. The van der Waals surface area contributed by atoms with Crippen LogP contribution in [-0.2, 0) is 0 Å². The van der Waals surface area contributed by atoms with Crippen LogP contribution >= 0.6 is 0 Å². The molecule has 0 aliphatic carbocycles. The van der Waals surface area contributed by atoms with E-state index in [4.69, 9.17) is 0 Å². The highest BCUT2D eigenvalue weighted by Crippen LogP contribution is 2.32. The molecule has 1 N–H and O–H groups in total. The lowest BCUT2D eigenvalue weighted by Gasteiger charge is -2.45. The first-order valence-electron chi connectivity index (χ1n) is 6.87. The second kappa shape index (κ2) is 4.81. The molecule has 0 aromatic heterocycles. The van der Waals surface area contributed by atoms with Crippen LogP contribution in [0.2, 0.25) is 0 Å². The Bertz CT molecular complexity index is 495. The zero-order chi connectivity index (χ0) is 13.4. The monoisotopic (exact) mass is 261 g/mol. The van der Waals surface area contributed by atoms with Crippen LogP contribution in [-0.4, -0.2) is 35.5 Å². The van der Waals surface area contributed by atoms with E-state index >= 15 is 0 Å². The summed E-state index contributed by atoms with van der Waals surface area (Å²) in [4.78, 5) is 13.3. The summed E-state index contributed by atoms with van der Waals surface area (Å²) in [7, 11) is 0. The third-order valence-corrected chi connectivity index (χ3v) is 4.35. The Labute approximate surface area is 112 Å². The molecule has 3 fully saturated rings. The predicted molar refractivity (Wildman–Crippen MR) is 74.4 cm³/mol. The van der Waals surface area contributed by atoms with Gasteiger partial charge in [-0.25, -0.2) is 0 Å². The van der Waals surface area contributed by atoms with Crippen molar-refractivity contribution >= 4 is 11.4 Å². The van der Waals surface area contributed by atoms with Gasteiger partial charge < -0.3 is 10.2 Å². The van der Waals surface area contributed by atoms with Gasteiger partial charge in [-0.2, -0.15) is 0 Å². The van der Waals surface area contributed by atoms with Gasteiger partial charge in [-0.1, -0.05) is 6.07 Å². The maximum absolute atomic E-state index is 11.1. The summed E-state index contributed by atoms with van der Waals surface area (Å²) in [5.41, 5.74) is 1.77. The minimum atomic E-state index is -0.295. The minimum absolute atomic E-state index is 0.191. The molecule has 1 aromatic rings. The number of aryl methyl sites for hydroxylation is 1. The zero-order valence-corrected chi connectivity index (χ0v) is 11.1. The van der Waals surface area contributed by atoms with Crippen LogP contribution in [0.3, 0.4) is 0 Å². The van der Waals surface area contributed by atoms with Gasteiger partial charge >= 0.3 is 0 Å². The number of hydrogen-bond acceptors (Lipinski definition) is 4. The molecule has 102 valence electrons. The van der Waals surface area contributed by atoms with Gasteiger partial charge in [0.15, 0.2) is 0 Å². The first-order valence-corrected chi connectivity index (χ1v) is 6.87. The number of benzene rings is 1. The number of rotatable bonds is 3. The third-order valence-electron chi connectivity index (χ3n) is 4.35. The van der Waals surface area contributed by atoms with Crippen LogP contribution in [0.1, 0.15) is 18.4 Å². The summed E-state index contributed by atoms with van der Waals surface area (Å²) in [6.07, 6.45) is 2.41. The van der Waals surface area contributed by atoms with E-state index in [2.05, 4.69) is 10.2 Å². The Balaban J connectivity index is 1.81. The van der Waals surface area contributed by atoms with Crippen LogP contribution < -0.4 is 5.32 Å². The number of nitrogens with one attached hydrogen (secondary N) is 1. The van der Waals surface area contributed by atoms with Crippen LogP contribution in [0.5, 0.6) is 0 Å². The Morgan fingerprint density at radius 1 is 1.37 bits per heavy atom. The van der Waals surface area contributed by atoms with E-state index < -0.39 is 0 Å². The summed E-state index contributed by atoms with van der Waals surface area (Å²) in [6.45, 7) is 5.25. The highest BCUT2D eigenvalue weighted by atomic mass is 16.6. The molecule has 5 heteroatoms. The fraction of sp³-hybridized carbons (Fsp3) is 0.571.